The molecule has 1 heterocycles. The Morgan fingerprint density at radius 3 is 2.30 bits per heavy atom. The molecule has 1 amide bonds. The first-order valence-corrected chi connectivity index (χ1v) is 13.3. The van der Waals surface area contributed by atoms with Gasteiger partial charge in [-0.3, -0.25) is 9.59 Å². The Hall–Kier alpha value is -4.46. The molecule has 3 aromatic rings. The lowest BCUT2D eigenvalue weighted by Gasteiger charge is -2.26. The summed E-state index contributed by atoms with van der Waals surface area (Å²) in [5.74, 6) is -0.349. The van der Waals surface area contributed by atoms with Crippen LogP contribution in [0.25, 0.3) is 5.76 Å². The molecule has 8 nitrogen and oxygen atoms in total. The number of hydrogen-bond donors (Lipinski definition) is 2. The number of ether oxygens (including phenoxy) is 3. The van der Waals surface area contributed by atoms with Gasteiger partial charge in [-0.1, -0.05) is 38.1 Å². The maximum absolute atomic E-state index is 13.6. The number of ketones is 1. The van der Waals surface area contributed by atoms with E-state index < -0.39 is 17.7 Å². The van der Waals surface area contributed by atoms with Crippen molar-refractivity contribution in [2.75, 3.05) is 20.3 Å². The molecule has 210 valence electrons. The smallest absolute Gasteiger partial charge is 0.295 e. The second-order valence-electron chi connectivity index (χ2n) is 9.74. The minimum atomic E-state index is -0.946. The summed E-state index contributed by atoms with van der Waals surface area (Å²) < 4.78 is 16.8. The zero-order valence-electron chi connectivity index (χ0n) is 23.4. The number of phenolic OH excluding ortho intramolecular Hbond substituents is 1. The molecule has 0 radical (unpaired) electrons. The maximum Gasteiger partial charge on any atom is 0.295 e. The molecule has 0 saturated carbocycles. The van der Waals surface area contributed by atoms with E-state index in [-0.39, 0.29) is 35.3 Å². The van der Waals surface area contributed by atoms with E-state index in [0.717, 1.165) is 5.56 Å². The Labute approximate surface area is 234 Å². The van der Waals surface area contributed by atoms with E-state index >= 15 is 0 Å². The number of aliphatic hydroxyl groups is 1. The van der Waals surface area contributed by atoms with E-state index in [2.05, 4.69) is 0 Å². The fraction of sp³-hybridized carbons (Fsp3) is 0.312. The van der Waals surface area contributed by atoms with E-state index in [1.54, 1.807) is 43.3 Å². The summed E-state index contributed by atoms with van der Waals surface area (Å²) in [5.41, 5.74) is 2.42. The fourth-order valence-electron chi connectivity index (χ4n) is 4.97. The molecule has 1 saturated heterocycles. The molecule has 0 bridgehead atoms. The van der Waals surface area contributed by atoms with Crippen molar-refractivity contribution < 1.29 is 34.0 Å². The second-order valence-corrected chi connectivity index (χ2v) is 9.74. The van der Waals surface area contributed by atoms with Crippen LogP contribution in [0, 0.1) is 0 Å². The van der Waals surface area contributed by atoms with Crippen molar-refractivity contribution >= 4 is 17.4 Å². The third-order valence-corrected chi connectivity index (χ3v) is 6.88. The Morgan fingerprint density at radius 1 is 0.925 bits per heavy atom. The number of para-hydroxylation sites is 1. The average Bonchev–Trinajstić information content (AvgIpc) is 3.19. The first-order valence-electron chi connectivity index (χ1n) is 13.3. The summed E-state index contributed by atoms with van der Waals surface area (Å²) in [6, 6.07) is 16.2. The quantitative estimate of drug-likeness (QED) is 0.184. The number of aromatic hydroxyl groups is 1. The molecule has 2 N–H and O–H groups in total. The molecule has 1 aliphatic heterocycles. The Bertz CT molecular complexity index is 1440. The zero-order valence-corrected chi connectivity index (χ0v) is 23.4. The first-order chi connectivity index (χ1) is 19.2. The van der Waals surface area contributed by atoms with Crippen LogP contribution in [0.5, 0.6) is 23.0 Å². The lowest BCUT2D eigenvalue weighted by Crippen LogP contribution is -2.29. The van der Waals surface area contributed by atoms with Gasteiger partial charge in [-0.25, -0.2) is 0 Å². The number of aliphatic hydroxyl groups excluding tert-OH is 1. The summed E-state index contributed by atoms with van der Waals surface area (Å²) in [5, 5.41) is 21.9. The standard InChI is InChI=1S/C32H35NO7/c1-6-39-26-15-13-21(16-23(26)19(3)4)30(35)28-29(20-12-14-24(34)27(17-20)40-7-2)33(32(37)31(28)36)18-22-10-8-9-11-25(22)38-5/h8-17,19,29,34-35H,6-7,18H2,1-5H3/b30-28+. The lowest BCUT2D eigenvalue weighted by molar-refractivity contribution is -0.140. The van der Waals surface area contributed by atoms with Gasteiger partial charge in [-0.2, -0.15) is 0 Å². The molecular weight excluding hydrogens is 510 g/mol. The SMILES string of the molecule is CCOc1cc(C2/C(=C(\O)c3ccc(OCC)c(C(C)C)c3)C(=O)C(=O)N2Cc2ccccc2OC)ccc1O. The van der Waals surface area contributed by atoms with Crippen LogP contribution < -0.4 is 14.2 Å². The van der Waals surface area contributed by atoms with Crippen molar-refractivity contribution in [2.24, 2.45) is 0 Å². The van der Waals surface area contributed by atoms with Gasteiger partial charge in [-0.05, 0) is 67.3 Å². The van der Waals surface area contributed by atoms with Crippen LogP contribution in [0.1, 0.15) is 61.9 Å². The molecule has 1 atom stereocenters. The number of carbonyl (C=O) groups excluding carboxylic acids is 2. The highest BCUT2D eigenvalue weighted by atomic mass is 16.5. The normalized spacial score (nSPS) is 16.4. The number of Topliss-reactive ketones (excluding diaryl/α,β-unsaturated/α-hetero) is 1. The second kappa shape index (κ2) is 12.2. The highest BCUT2D eigenvalue weighted by Crippen LogP contribution is 2.43. The first kappa shape index (κ1) is 28.5. The predicted octanol–water partition coefficient (Wildman–Crippen LogP) is 5.94. The topological polar surface area (TPSA) is 106 Å². The summed E-state index contributed by atoms with van der Waals surface area (Å²) in [7, 11) is 1.54. The van der Waals surface area contributed by atoms with Crippen molar-refractivity contribution in [3.8, 4) is 23.0 Å². The molecule has 0 aliphatic carbocycles. The molecule has 8 heteroatoms. The molecule has 1 aliphatic rings. The summed E-state index contributed by atoms with van der Waals surface area (Å²) in [6.07, 6.45) is 0. The third-order valence-electron chi connectivity index (χ3n) is 6.88. The average molecular weight is 546 g/mol. The highest BCUT2D eigenvalue weighted by Gasteiger charge is 2.46. The van der Waals surface area contributed by atoms with Gasteiger partial charge in [0.2, 0.25) is 0 Å². The minimum Gasteiger partial charge on any atom is -0.507 e. The van der Waals surface area contributed by atoms with E-state index in [9.17, 15) is 19.8 Å². The Morgan fingerprint density at radius 2 is 1.62 bits per heavy atom. The van der Waals surface area contributed by atoms with Crippen LogP contribution in [0.4, 0.5) is 0 Å². The van der Waals surface area contributed by atoms with Gasteiger partial charge in [0.25, 0.3) is 11.7 Å². The molecular formula is C32H35NO7. The van der Waals surface area contributed by atoms with Crippen LogP contribution in [-0.4, -0.2) is 47.1 Å². The van der Waals surface area contributed by atoms with E-state index in [4.69, 9.17) is 14.2 Å². The van der Waals surface area contributed by atoms with Gasteiger partial charge >= 0.3 is 0 Å². The number of phenols is 1. The number of amides is 1. The van der Waals surface area contributed by atoms with E-state index in [1.807, 2.05) is 39.0 Å². The molecule has 40 heavy (non-hydrogen) atoms. The summed E-state index contributed by atoms with van der Waals surface area (Å²) in [4.78, 5) is 28.5. The van der Waals surface area contributed by atoms with Crippen LogP contribution in [-0.2, 0) is 16.1 Å². The van der Waals surface area contributed by atoms with Crippen LogP contribution in [0.2, 0.25) is 0 Å². The fourth-order valence-corrected chi connectivity index (χ4v) is 4.97. The zero-order chi connectivity index (χ0) is 29.0. The minimum absolute atomic E-state index is 0.0492. The molecule has 0 spiro atoms. The molecule has 0 aromatic heterocycles. The number of nitrogens with zero attached hydrogens (tertiary/aromatic N) is 1. The van der Waals surface area contributed by atoms with Crippen LogP contribution in [0.3, 0.4) is 0 Å². The molecule has 4 rings (SSSR count). The van der Waals surface area contributed by atoms with Gasteiger partial charge in [0.1, 0.15) is 17.3 Å². The predicted molar refractivity (Wildman–Crippen MR) is 152 cm³/mol. The van der Waals surface area contributed by atoms with E-state index in [0.29, 0.717) is 41.4 Å². The van der Waals surface area contributed by atoms with Gasteiger partial charge in [0.15, 0.2) is 11.5 Å². The van der Waals surface area contributed by atoms with Gasteiger partial charge in [-0.15, -0.1) is 0 Å². The number of methoxy groups -OCH3 is 1. The summed E-state index contributed by atoms with van der Waals surface area (Å²) in [6.45, 7) is 8.57. The van der Waals surface area contributed by atoms with Crippen molar-refractivity contribution in [3.63, 3.8) is 0 Å². The molecule has 1 unspecified atom stereocenters. The third kappa shape index (κ3) is 5.47. The maximum atomic E-state index is 13.6. The largest absolute Gasteiger partial charge is 0.507 e. The lowest BCUT2D eigenvalue weighted by atomic mass is 9.93. The number of carbonyl (C=O) groups is 2. The van der Waals surface area contributed by atoms with Crippen molar-refractivity contribution in [1.82, 2.24) is 4.90 Å². The van der Waals surface area contributed by atoms with E-state index in [1.165, 1.54) is 18.1 Å². The number of rotatable bonds is 10. The monoisotopic (exact) mass is 545 g/mol. The van der Waals surface area contributed by atoms with Crippen molar-refractivity contribution in [3.05, 3.63) is 88.5 Å². The van der Waals surface area contributed by atoms with Gasteiger partial charge in [0, 0.05) is 11.1 Å². The Balaban J connectivity index is 1.91. The highest BCUT2D eigenvalue weighted by molar-refractivity contribution is 6.46. The van der Waals surface area contributed by atoms with Gasteiger partial charge < -0.3 is 29.3 Å². The van der Waals surface area contributed by atoms with Crippen LogP contribution >= 0.6 is 0 Å². The number of likely N-dealkylation sites (tertiary alicyclic amines) is 1. The molecule has 3 aromatic carbocycles. The number of hydrogen-bond acceptors (Lipinski definition) is 7. The van der Waals surface area contributed by atoms with Crippen molar-refractivity contribution in [2.45, 2.75) is 46.2 Å². The van der Waals surface area contributed by atoms with Gasteiger partial charge in [0.05, 0.1) is 38.5 Å². The molecule has 1 fully saturated rings. The number of benzene rings is 3. The van der Waals surface area contributed by atoms with Crippen molar-refractivity contribution in [1.29, 1.82) is 0 Å². The van der Waals surface area contributed by atoms with Crippen LogP contribution in [0.15, 0.2) is 66.2 Å². The Kier molecular flexibility index (Phi) is 8.67. The summed E-state index contributed by atoms with van der Waals surface area (Å²) >= 11 is 0.